The van der Waals surface area contributed by atoms with E-state index in [1.165, 1.54) is 23.8 Å². The van der Waals surface area contributed by atoms with E-state index < -0.39 is 5.97 Å². The van der Waals surface area contributed by atoms with Gasteiger partial charge >= 0.3 is 5.97 Å². The van der Waals surface area contributed by atoms with Gasteiger partial charge in [-0.1, -0.05) is 18.2 Å². The molecule has 1 fully saturated rings. The number of aliphatic carboxylic acids is 1. The second-order valence-corrected chi connectivity index (χ2v) is 5.18. The van der Waals surface area contributed by atoms with Crippen LogP contribution in [0.4, 0.5) is 0 Å². The molecule has 1 aliphatic rings. The zero-order chi connectivity index (χ0) is 13.2. The minimum Gasteiger partial charge on any atom is -0.480 e. The summed E-state index contributed by atoms with van der Waals surface area (Å²) in [5, 5.41) is 10.2. The van der Waals surface area contributed by atoms with E-state index >= 15 is 0 Å². The highest BCUT2D eigenvalue weighted by atomic mass is 16.4. The topological polar surface area (TPSA) is 45.5 Å². The molecule has 1 saturated heterocycles. The Bertz CT molecular complexity index is 597. The van der Waals surface area contributed by atoms with Gasteiger partial charge in [0.15, 0.2) is 0 Å². The monoisotopic (exact) mass is 258 g/mol. The molecular weight excluding hydrogens is 240 g/mol. The van der Waals surface area contributed by atoms with E-state index in [4.69, 9.17) is 5.11 Å². The number of carbonyl (C=O) groups is 1. The first kappa shape index (κ1) is 12.2. The Labute approximate surface area is 112 Å². The fraction of sp³-hybridized carbons (Fsp3) is 0.400. The van der Waals surface area contributed by atoms with Crippen LogP contribution in [-0.4, -0.2) is 33.6 Å². The van der Waals surface area contributed by atoms with Gasteiger partial charge in [0, 0.05) is 23.6 Å². The molecule has 4 heteroatoms. The van der Waals surface area contributed by atoms with Gasteiger partial charge in [-0.15, -0.1) is 0 Å². The number of aromatic nitrogens is 1. The van der Waals surface area contributed by atoms with Crippen molar-refractivity contribution in [2.24, 2.45) is 0 Å². The summed E-state index contributed by atoms with van der Waals surface area (Å²) in [5.41, 5.74) is 2.25. The Kier molecular flexibility index (Phi) is 3.25. The number of hydrogen-bond donors (Lipinski definition) is 1. The van der Waals surface area contributed by atoms with Gasteiger partial charge < -0.3 is 9.67 Å². The first-order valence-corrected chi connectivity index (χ1v) is 6.75. The summed E-state index contributed by atoms with van der Waals surface area (Å²) < 4.78 is 1.84. The lowest BCUT2D eigenvalue weighted by Crippen LogP contribution is -2.18. The van der Waals surface area contributed by atoms with Crippen LogP contribution in [0.3, 0.4) is 0 Å². The van der Waals surface area contributed by atoms with Crippen molar-refractivity contribution in [3.63, 3.8) is 0 Å². The highest BCUT2D eigenvalue weighted by molar-refractivity contribution is 5.85. The number of likely N-dealkylation sites (tertiary alicyclic amines) is 1. The van der Waals surface area contributed by atoms with Crippen molar-refractivity contribution in [1.29, 1.82) is 0 Å². The summed E-state index contributed by atoms with van der Waals surface area (Å²) in [5.74, 6) is -0.798. The maximum Gasteiger partial charge on any atom is 0.323 e. The van der Waals surface area contributed by atoms with E-state index in [-0.39, 0.29) is 6.54 Å². The van der Waals surface area contributed by atoms with Crippen molar-refractivity contribution in [1.82, 2.24) is 9.47 Å². The normalized spacial score (nSPS) is 16.2. The van der Waals surface area contributed by atoms with Gasteiger partial charge in [0.1, 0.15) is 6.54 Å². The van der Waals surface area contributed by atoms with Gasteiger partial charge in [-0.25, -0.2) is 0 Å². The molecule has 0 bridgehead atoms. The summed E-state index contributed by atoms with van der Waals surface area (Å²) >= 11 is 0. The molecule has 0 saturated carbocycles. The minimum atomic E-state index is -0.798. The SMILES string of the molecule is O=C(O)Cn1cc(CN2CCCC2)c2ccccc21. The molecule has 4 nitrogen and oxygen atoms in total. The minimum absolute atomic E-state index is 0.0283. The van der Waals surface area contributed by atoms with Crippen molar-refractivity contribution in [2.75, 3.05) is 13.1 Å². The Morgan fingerprint density at radius 2 is 1.95 bits per heavy atom. The van der Waals surface area contributed by atoms with Crippen molar-refractivity contribution >= 4 is 16.9 Å². The van der Waals surface area contributed by atoms with Gasteiger partial charge in [-0.05, 0) is 37.6 Å². The molecule has 2 heterocycles. The summed E-state index contributed by atoms with van der Waals surface area (Å²) in [6.07, 6.45) is 4.54. The number of hydrogen-bond acceptors (Lipinski definition) is 2. The predicted molar refractivity (Wildman–Crippen MR) is 74.1 cm³/mol. The van der Waals surface area contributed by atoms with E-state index in [0.29, 0.717) is 0 Å². The summed E-state index contributed by atoms with van der Waals surface area (Å²) in [4.78, 5) is 13.4. The van der Waals surface area contributed by atoms with Crippen LogP contribution < -0.4 is 0 Å². The number of carboxylic acids is 1. The number of carboxylic acid groups (broad SMARTS) is 1. The van der Waals surface area contributed by atoms with Gasteiger partial charge in [-0.2, -0.15) is 0 Å². The van der Waals surface area contributed by atoms with Gasteiger partial charge in [0.05, 0.1) is 0 Å². The zero-order valence-electron chi connectivity index (χ0n) is 10.9. The molecule has 3 rings (SSSR count). The number of para-hydroxylation sites is 1. The third kappa shape index (κ3) is 2.49. The van der Waals surface area contributed by atoms with Crippen LogP contribution in [0, 0.1) is 0 Å². The van der Waals surface area contributed by atoms with Gasteiger partial charge in [0.25, 0.3) is 0 Å². The molecule has 100 valence electrons. The molecule has 1 aromatic heterocycles. The molecule has 0 radical (unpaired) electrons. The van der Waals surface area contributed by atoms with Crippen molar-refractivity contribution in [2.45, 2.75) is 25.9 Å². The van der Waals surface area contributed by atoms with Crippen molar-refractivity contribution < 1.29 is 9.90 Å². The fourth-order valence-electron chi connectivity index (χ4n) is 2.91. The summed E-state index contributed by atoms with van der Waals surface area (Å²) in [7, 11) is 0. The summed E-state index contributed by atoms with van der Waals surface area (Å²) in [6.45, 7) is 3.25. The molecular formula is C15H18N2O2. The molecule has 0 spiro atoms. The molecule has 0 atom stereocenters. The average Bonchev–Trinajstić information content (AvgIpc) is 2.99. The molecule has 0 unspecified atom stereocenters. The van der Waals surface area contributed by atoms with E-state index in [2.05, 4.69) is 11.0 Å². The molecule has 0 aliphatic carbocycles. The van der Waals surface area contributed by atoms with Gasteiger partial charge in [-0.3, -0.25) is 9.69 Å². The lowest BCUT2D eigenvalue weighted by molar-refractivity contribution is -0.137. The number of fused-ring (bicyclic) bond motifs is 1. The number of benzene rings is 1. The Hall–Kier alpha value is -1.81. The molecule has 1 aliphatic heterocycles. The van der Waals surface area contributed by atoms with Crippen LogP contribution >= 0.6 is 0 Å². The second kappa shape index (κ2) is 5.05. The van der Waals surface area contributed by atoms with Crippen LogP contribution in [0.5, 0.6) is 0 Å². The lowest BCUT2D eigenvalue weighted by atomic mass is 10.1. The second-order valence-electron chi connectivity index (χ2n) is 5.18. The maximum absolute atomic E-state index is 10.9. The van der Waals surface area contributed by atoms with Crippen molar-refractivity contribution in [3.8, 4) is 0 Å². The van der Waals surface area contributed by atoms with Crippen LogP contribution in [0.2, 0.25) is 0 Å². The van der Waals surface area contributed by atoms with Crippen LogP contribution in [0.25, 0.3) is 10.9 Å². The number of rotatable bonds is 4. The molecule has 0 amide bonds. The maximum atomic E-state index is 10.9. The van der Waals surface area contributed by atoms with E-state index in [1.807, 2.05) is 29.0 Å². The third-order valence-corrected chi connectivity index (χ3v) is 3.77. The van der Waals surface area contributed by atoms with Crippen LogP contribution in [0.15, 0.2) is 30.5 Å². The first-order chi connectivity index (χ1) is 9.24. The Balaban J connectivity index is 1.96. The number of nitrogens with zero attached hydrogens (tertiary/aromatic N) is 2. The van der Waals surface area contributed by atoms with E-state index in [1.54, 1.807) is 0 Å². The Morgan fingerprint density at radius 1 is 1.21 bits per heavy atom. The smallest absolute Gasteiger partial charge is 0.323 e. The van der Waals surface area contributed by atoms with E-state index in [0.717, 1.165) is 25.2 Å². The molecule has 19 heavy (non-hydrogen) atoms. The predicted octanol–water partition coefficient (Wildman–Crippen LogP) is 2.32. The highest BCUT2D eigenvalue weighted by Gasteiger charge is 2.16. The molecule has 1 aromatic carbocycles. The third-order valence-electron chi connectivity index (χ3n) is 3.77. The lowest BCUT2D eigenvalue weighted by Gasteiger charge is -2.13. The largest absolute Gasteiger partial charge is 0.480 e. The standard InChI is InChI=1S/C15H18N2O2/c18-15(19)11-17-10-12(9-16-7-3-4-8-16)13-5-1-2-6-14(13)17/h1-2,5-6,10H,3-4,7-9,11H2,(H,18,19). The van der Waals surface area contributed by atoms with Crippen LogP contribution in [0.1, 0.15) is 18.4 Å². The quantitative estimate of drug-likeness (QED) is 0.915. The first-order valence-electron chi connectivity index (χ1n) is 6.75. The highest BCUT2D eigenvalue weighted by Crippen LogP contribution is 2.24. The average molecular weight is 258 g/mol. The fourth-order valence-corrected chi connectivity index (χ4v) is 2.91. The summed E-state index contributed by atoms with van der Waals surface area (Å²) in [6, 6.07) is 8.05. The zero-order valence-corrected chi connectivity index (χ0v) is 10.9. The molecule has 1 N–H and O–H groups in total. The van der Waals surface area contributed by atoms with E-state index in [9.17, 15) is 4.79 Å². The van der Waals surface area contributed by atoms with Crippen molar-refractivity contribution in [3.05, 3.63) is 36.0 Å². The molecule has 2 aromatic rings. The van der Waals surface area contributed by atoms with Gasteiger partial charge in [0.2, 0.25) is 0 Å². The van der Waals surface area contributed by atoms with Crippen LogP contribution in [-0.2, 0) is 17.9 Å². The Morgan fingerprint density at radius 3 is 2.68 bits per heavy atom.